The zero-order chi connectivity index (χ0) is 16.2. The molecule has 2 aliphatic heterocycles. The summed E-state index contributed by atoms with van der Waals surface area (Å²) in [5.74, 6) is -0.242. The summed E-state index contributed by atoms with van der Waals surface area (Å²) >= 11 is 0. The summed E-state index contributed by atoms with van der Waals surface area (Å²) in [6.07, 6.45) is 5.67. The Morgan fingerprint density at radius 1 is 1.39 bits per heavy atom. The highest BCUT2D eigenvalue weighted by Gasteiger charge is 2.39. The lowest BCUT2D eigenvalue weighted by atomic mass is 9.95. The van der Waals surface area contributed by atoms with Gasteiger partial charge in [-0.15, -0.1) is 0 Å². The number of furan rings is 1. The highest BCUT2D eigenvalue weighted by Crippen LogP contribution is 2.28. The number of aromatic nitrogens is 1. The predicted molar refractivity (Wildman–Crippen MR) is 82.9 cm³/mol. The van der Waals surface area contributed by atoms with Gasteiger partial charge in [-0.1, -0.05) is 0 Å². The minimum atomic E-state index is -3.43. The van der Waals surface area contributed by atoms with Gasteiger partial charge < -0.3 is 15.1 Å². The van der Waals surface area contributed by atoms with E-state index in [1.54, 1.807) is 6.07 Å². The molecule has 2 saturated heterocycles. The molecule has 7 nitrogen and oxygen atoms in total. The standard InChI is InChI=1S/C15H17N3O4S/c1-23(20,21)14-5-8-4-12(16-7-13(8)22-14)15(19)18-11-6-9-2-3-10(11)17-9/h4-5,7,9-11,17H,2-3,6H2,1H3,(H,18,19)/t9-,10+,11-/m1/s1. The molecule has 23 heavy (non-hydrogen) atoms. The molecular formula is C15H17N3O4S. The topological polar surface area (TPSA) is 101 Å². The maximum atomic E-state index is 12.4. The number of carbonyl (C=O) groups is 1. The zero-order valence-corrected chi connectivity index (χ0v) is 13.4. The first kappa shape index (κ1) is 14.6. The largest absolute Gasteiger partial charge is 0.443 e. The van der Waals surface area contributed by atoms with Gasteiger partial charge in [0.25, 0.3) is 5.91 Å². The van der Waals surface area contributed by atoms with E-state index < -0.39 is 9.84 Å². The van der Waals surface area contributed by atoms with Crippen molar-refractivity contribution >= 4 is 26.7 Å². The Balaban J connectivity index is 1.57. The molecule has 2 aromatic heterocycles. The molecule has 8 heteroatoms. The predicted octanol–water partition coefficient (Wildman–Crippen LogP) is 0.854. The second kappa shape index (κ2) is 5.04. The van der Waals surface area contributed by atoms with Crippen LogP contribution in [-0.4, -0.2) is 43.7 Å². The second-order valence-electron chi connectivity index (χ2n) is 6.31. The van der Waals surface area contributed by atoms with Gasteiger partial charge in [0.15, 0.2) is 5.58 Å². The molecule has 2 aromatic rings. The van der Waals surface area contributed by atoms with Crippen LogP contribution in [0.3, 0.4) is 0 Å². The van der Waals surface area contributed by atoms with E-state index >= 15 is 0 Å². The lowest BCUT2D eigenvalue weighted by Gasteiger charge is -2.21. The summed E-state index contributed by atoms with van der Waals surface area (Å²) in [6, 6.07) is 3.96. The summed E-state index contributed by atoms with van der Waals surface area (Å²) in [6.45, 7) is 0. The fraction of sp³-hybridized carbons (Fsp3) is 0.467. The molecule has 2 N–H and O–H groups in total. The summed E-state index contributed by atoms with van der Waals surface area (Å²) in [4.78, 5) is 16.5. The smallest absolute Gasteiger partial charge is 0.270 e. The molecule has 0 unspecified atom stereocenters. The van der Waals surface area contributed by atoms with E-state index in [1.165, 1.54) is 18.7 Å². The average molecular weight is 335 g/mol. The van der Waals surface area contributed by atoms with Crippen LogP contribution in [0.4, 0.5) is 0 Å². The van der Waals surface area contributed by atoms with Gasteiger partial charge in [0.2, 0.25) is 14.9 Å². The van der Waals surface area contributed by atoms with Crippen molar-refractivity contribution in [1.29, 1.82) is 0 Å². The number of hydrogen-bond donors (Lipinski definition) is 2. The van der Waals surface area contributed by atoms with Crippen molar-refractivity contribution in [3.8, 4) is 0 Å². The number of nitrogens with zero attached hydrogens (tertiary/aromatic N) is 1. The van der Waals surface area contributed by atoms with Gasteiger partial charge in [-0.2, -0.15) is 0 Å². The molecule has 2 aliphatic rings. The number of fused-ring (bicyclic) bond motifs is 3. The Morgan fingerprint density at radius 3 is 2.87 bits per heavy atom. The molecule has 0 aromatic carbocycles. The van der Waals surface area contributed by atoms with Gasteiger partial charge in [0.05, 0.1) is 6.20 Å². The molecular weight excluding hydrogens is 318 g/mol. The number of rotatable bonds is 3. The minimum absolute atomic E-state index is 0.121. The molecule has 0 radical (unpaired) electrons. The number of carbonyl (C=O) groups excluding carboxylic acids is 1. The number of amides is 1. The van der Waals surface area contributed by atoms with Crippen LogP contribution in [0.2, 0.25) is 0 Å². The SMILES string of the molecule is CS(=O)(=O)c1cc2cc(C(=O)N[C@@H]3C[C@H]4CC[C@@H]3N4)ncc2o1. The van der Waals surface area contributed by atoms with Crippen molar-refractivity contribution in [2.45, 2.75) is 42.5 Å². The number of sulfone groups is 1. The Kier molecular flexibility index (Phi) is 3.21. The van der Waals surface area contributed by atoms with Gasteiger partial charge in [-0.3, -0.25) is 4.79 Å². The van der Waals surface area contributed by atoms with Gasteiger partial charge in [0, 0.05) is 35.8 Å². The summed E-state index contributed by atoms with van der Waals surface area (Å²) in [5, 5.41) is 6.91. The van der Waals surface area contributed by atoms with Crippen molar-refractivity contribution in [3.63, 3.8) is 0 Å². The fourth-order valence-corrected chi connectivity index (χ4v) is 4.04. The first-order valence-electron chi connectivity index (χ1n) is 7.57. The number of nitrogens with one attached hydrogen (secondary N) is 2. The van der Waals surface area contributed by atoms with Crippen molar-refractivity contribution in [3.05, 3.63) is 24.0 Å². The first-order chi connectivity index (χ1) is 10.9. The second-order valence-corrected chi connectivity index (χ2v) is 8.25. The summed E-state index contributed by atoms with van der Waals surface area (Å²) in [5.41, 5.74) is 0.615. The molecule has 1 amide bonds. The van der Waals surface area contributed by atoms with Crippen molar-refractivity contribution in [2.24, 2.45) is 0 Å². The molecule has 4 rings (SSSR count). The Labute approximate surface area is 133 Å². The van der Waals surface area contributed by atoms with Gasteiger partial charge in [-0.05, 0) is 25.3 Å². The summed E-state index contributed by atoms with van der Waals surface area (Å²) < 4.78 is 28.3. The Bertz CT molecular complexity index is 889. The normalized spacial score (nSPS) is 26.7. The fourth-order valence-electron chi connectivity index (χ4n) is 3.45. The van der Waals surface area contributed by atoms with E-state index in [-0.39, 0.29) is 22.7 Å². The van der Waals surface area contributed by atoms with Crippen LogP contribution in [0.5, 0.6) is 0 Å². The monoisotopic (exact) mass is 335 g/mol. The van der Waals surface area contributed by atoms with E-state index in [2.05, 4.69) is 15.6 Å². The van der Waals surface area contributed by atoms with Crippen LogP contribution in [0.1, 0.15) is 29.8 Å². The first-order valence-corrected chi connectivity index (χ1v) is 9.46. The van der Waals surface area contributed by atoms with E-state index in [0.717, 1.165) is 19.1 Å². The third-order valence-electron chi connectivity index (χ3n) is 4.60. The molecule has 0 spiro atoms. The molecule has 122 valence electrons. The van der Waals surface area contributed by atoms with Crippen molar-refractivity contribution < 1.29 is 17.6 Å². The van der Waals surface area contributed by atoms with Crippen molar-refractivity contribution in [2.75, 3.05) is 6.26 Å². The highest BCUT2D eigenvalue weighted by atomic mass is 32.2. The lowest BCUT2D eigenvalue weighted by molar-refractivity contribution is 0.0926. The van der Waals surface area contributed by atoms with Gasteiger partial charge in [-0.25, -0.2) is 13.4 Å². The van der Waals surface area contributed by atoms with E-state index in [1.807, 2.05) is 0 Å². The third kappa shape index (κ3) is 2.61. The molecule has 2 bridgehead atoms. The van der Waals surface area contributed by atoms with Crippen LogP contribution < -0.4 is 10.6 Å². The zero-order valence-electron chi connectivity index (χ0n) is 12.6. The Hall–Kier alpha value is -1.93. The quantitative estimate of drug-likeness (QED) is 0.862. The van der Waals surface area contributed by atoms with Crippen LogP contribution >= 0.6 is 0 Å². The number of pyridine rings is 1. The van der Waals surface area contributed by atoms with E-state index in [9.17, 15) is 13.2 Å². The van der Waals surface area contributed by atoms with Gasteiger partial charge >= 0.3 is 0 Å². The minimum Gasteiger partial charge on any atom is -0.443 e. The van der Waals surface area contributed by atoms with Crippen LogP contribution in [0.15, 0.2) is 27.8 Å². The molecule has 2 fully saturated rings. The maximum Gasteiger partial charge on any atom is 0.270 e. The average Bonchev–Trinajstić information content (AvgIpc) is 3.20. The Morgan fingerprint density at radius 2 is 2.22 bits per heavy atom. The maximum absolute atomic E-state index is 12.4. The van der Waals surface area contributed by atoms with E-state index in [4.69, 9.17) is 4.42 Å². The molecule has 0 saturated carbocycles. The van der Waals surface area contributed by atoms with Crippen molar-refractivity contribution in [1.82, 2.24) is 15.6 Å². The lowest BCUT2D eigenvalue weighted by Crippen LogP contribution is -2.43. The molecule has 3 atom stereocenters. The van der Waals surface area contributed by atoms with Gasteiger partial charge in [0.1, 0.15) is 5.69 Å². The highest BCUT2D eigenvalue weighted by molar-refractivity contribution is 7.90. The van der Waals surface area contributed by atoms with E-state index in [0.29, 0.717) is 23.1 Å². The van der Waals surface area contributed by atoms with Crippen LogP contribution in [0, 0.1) is 0 Å². The molecule has 0 aliphatic carbocycles. The molecule has 4 heterocycles. The summed E-state index contributed by atoms with van der Waals surface area (Å²) in [7, 11) is -3.43. The van der Waals surface area contributed by atoms with Crippen LogP contribution in [0.25, 0.3) is 11.0 Å². The third-order valence-corrected chi connectivity index (χ3v) is 5.53. The number of hydrogen-bond acceptors (Lipinski definition) is 6. The van der Waals surface area contributed by atoms with Crippen LogP contribution in [-0.2, 0) is 9.84 Å².